The Hall–Kier alpha value is -3.55. The van der Waals surface area contributed by atoms with Crippen LogP contribution in [0.15, 0.2) is 54.6 Å². The van der Waals surface area contributed by atoms with E-state index in [4.69, 9.17) is 9.47 Å². The maximum atomic E-state index is 13.3. The molecule has 2 atom stereocenters. The number of esters is 1. The Balaban J connectivity index is 2.14. The van der Waals surface area contributed by atoms with Crippen LogP contribution in [0.2, 0.25) is 0 Å². The molecular formula is C30H43N3O5. The molecule has 0 heterocycles. The predicted octanol–water partition coefficient (Wildman–Crippen LogP) is 4.76. The van der Waals surface area contributed by atoms with E-state index in [1.807, 2.05) is 82.3 Å². The van der Waals surface area contributed by atoms with Crippen molar-refractivity contribution >= 4 is 17.9 Å². The summed E-state index contributed by atoms with van der Waals surface area (Å²) in [5.74, 6) is -0.122. The third-order valence-corrected chi connectivity index (χ3v) is 5.37. The quantitative estimate of drug-likeness (QED) is 0.347. The molecule has 208 valence electrons. The van der Waals surface area contributed by atoms with E-state index in [2.05, 4.69) is 16.0 Å². The van der Waals surface area contributed by atoms with E-state index in [1.54, 1.807) is 20.8 Å². The first-order valence-electron chi connectivity index (χ1n) is 13.2. The van der Waals surface area contributed by atoms with Gasteiger partial charge in [-0.05, 0) is 70.2 Å². The number of carbonyl (C=O) groups is 3. The molecule has 0 saturated carbocycles. The third kappa shape index (κ3) is 11.7. The molecule has 0 aliphatic heterocycles. The molecule has 2 aromatic rings. The lowest BCUT2D eigenvalue weighted by atomic mass is 10.0. The van der Waals surface area contributed by atoms with Gasteiger partial charge in [0.2, 0.25) is 5.91 Å². The molecule has 0 fully saturated rings. The van der Waals surface area contributed by atoms with E-state index < -0.39 is 35.6 Å². The van der Waals surface area contributed by atoms with Gasteiger partial charge in [-0.3, -0.25) is 4.79 Å². The Morgan fingerprint density at radius 3 is 1.97 bits per heavy atom. The third-order valence-electron chi connectivity index (χ3n) is 5.37. The molecule has 2 aromatic carbocycles. The second kappa shape index (κ2) is 14.4. The van der Waals surface area contributed by atoms with Crippen molar-refractivity contribution in [3.63, 3.8) is 0 Å². The van der Waals surface area contributed by atoms with E-state index in [1.165, 1.54) is 0 Å². The average molecular weight is 526 g/mol. The molecule has 8 nitrogen and oxygen atoms in total. The standard InChI is InChI=1S/C30H43N3O5/c1-20(2)17-25(33-29(36)31-21(3)4)27(34)32-26(28(35)38-30(5,6)7)18-22-13-15-24(16-14-22)37-19-23-11-9-8-10-12-23/h8-16,20-21,25-26H,17-19H2,1-7H3,(H,32,34)(H2,31,33,36)/t25-,26-/m0/s1. The maximum absolute atomic E-state index is 13.3. The Labute approximate surface area is 226 Å². The minimum absolute atomic E-state index is 0.0769. The normalized spacial score (nSPS) is 13.0. The van der Waals surface area contributed by atoms with E-state index in [9.17, 15) is 14.4 Å². The lowest BCUT2D eigenvalue weighted by Crippen LogP contribution is -2.55. The monoisotopic (exact) mass is 525 g/mol. The maximum Gasteiger partial charge on any atom is 0.329 e. The van der Waals surface area contributed by atoms with Crippen molar-refractivity contribution < 1.29 is 23.9 Å². The van der Waals surface area contributed by atoms with Gasteiger partial charge in [-0.1, -0.05) is 56.3 Å². The van der Waals surface area contributed by atoms with Gasteiger partial charge in [0.05, 0.1) is 0 Å². The summed E-state index contributed by atoms with van der Waals surface area (Å²) in [5.41, 5.74) is 1.18. The molecule has 0 aliphatic carbocycles. The van der Waals surface area contributed by atoms with E-state index in [0.717, 1.165) is 11.1 Å². The van der Waals surface area contributed by atoms with E-state index in [0.29, 0.717) is 18.8 Å². The van der Waals surface area contributed by atoms with Crippen molar-refractivity contribution in [1.82, 2.24) is 16.0 Å². The fraction of sp³-hybridized carbons (Fsp3) is 0.500. The number of carbonyl (C=O) groups excluding carboxylic acids is 3. The van der Waals surface area contributed by atoms with Gasteiger partial charge in [-0.2, -0.15) is 0 Å². The molecule has 0 spiro atoms. The minimum atomic E-state index is -0.928. The molecule has 2 rings (SSSR count). The minimum Gasteiger partial charge on any atom is -0.489 e. The number of benzene rings is 2. The number of rotatable bonds is 12. The lowest BCUT2D eigenvalue weighted by Gasteiger charge is -2.27. The van der Waals surface area contributed by atoms with E-state index >= 15 is 0 Å². The summed E-state index contributed by atoms with van der Waals surface area (Å²) >= 11 is 0. The Morgan fingerprint density at radius 2 is 1.42 bits per heavy atom. The molecule has 38 heavy (non-hydrogen) atoms. The fourth-order valence-electron chi connectivity index (χ4n) is 3.70. The van der Waals surface area contributed by atoms with Crippen LogP contribution in [0, 0.1) is 5.92 Å². The van der Waals surface area contributed by atoms with Crippen molar-refractivity contribution in [3.05, 3.63) is 65.7 Å². The van der Waals surface area contributed by atoms with Gasteiger partial charge in [0.25, 0.3) is 0 Å². The van der Waals surface area contributed by atoms with Gasteiger partial charge in [0.15, 0.2) is 0 Å². The van der Waals surface area contributed by atoms with Crippen molar-refractivity contribution in [1.29, 1.82) is 0 Å². The molecule has 0 radical (unpaired) electrons. The Bertz CT molecular complexity index is 1030. The zero-order valence-corrected chi connectivity index (χ0v) is 23.7. The summed E-state index contributed by atoms with van der Waals surface area (Å²) in [4.78, 5) is 38.7. The molecule has 0 unspecified atom stereocenters. The smallest absolute Gasteiger partial charge is 0.329 e. The molecule has 0 bridgehead atoms. The fourth-order valence-corrected chi connectivity index (χ4v) is 3.70. The first kappa shape index (κ1) is 30.7. The Kier molecular flexibility index (Phi) is 11.6. The Morgan fingerprint density at radius 1 is 0.789 bits per heavy atom. The number of amides is 3. The van der Waals surface area contributed by atoms with Crippen LogP contribution in [0.3, 0.4) is 0 Å². The predicted molar refractivity (Wildman–Crippen MR) is 149 cm³/mol. The van der Waals surface area contributed by atoms with Gasteiger partial charge in [-0.25, -0.2) is 9.59 Å². The van der Waals surface area contributed by atoms with Crippen LogP contribution < -0.4 is 20.7 Å². The van der Waals surface area contributed by atoms with Crippen LogP contribution in [0.5, 0.6) is 5.75 Å². The molecule has 8 heteroatoms. The SMILES string of the molecule is CC(C)C[C@H](NC(=O)NC(C)C)C(=O)N[C@@H](Cc1ccc(OCc2ccccc2)cc1)C(=O)OC(C)(C)C. The highest BCUT2D eigenvalue weighted by Gasteiger charge is 2.30. The highest BCUT2D eigenvalue weighted by Crippen LogP contribution is 2.17. The summed E-state index contributed by atoms with van der Waals surface area (Å²) < 4.78 is 11.5. The van der Waals surface area contributed by atoms with Gasteiger partial charge >= 0.3 is 12.0 Å². The van der Waals surface area contributed by atoms with Gasteiger partial charge in [0.1, 0.15) is 30.0 Å². The summed E-state index contributed by atoms with van der Waals surface area (Å²) in [6.45, 7) is 13.4. The van der Waals surface area contributed by atoms with Crippen LogP contribution in [0.1, 0.15) is 66.0 Å². The summed E-state index contributed by atoms with van der Waals surface area (Å²) in [6, 6.07) is 15.1. The largest absolute Gasteiger partial charge is 0.489 e. The highest BCUT2D eigenvalue weighted by molar-refractivity contribution is 5.90. The summed E-state index contributed by atoms with van der Waals surface area (Å²) in [5, 5.41) is 8.31. The van der Waals surface area contributed by atoms with Crippen LogP contribution in [-0.2, 0) is 27.4 Å². The first-order valence-corrected chi connectivity index (χ1v) is 13.2. The summed E-state index contributed by atoms with van der Waals surface area (Å²) in [6.07, 6.45) is 0.651. The van der Waals surface area contributed by atoms with Crippen molar-refractivity contribution in [2.45, 2.75) is 91.6 Å². The zero-order chi connectivity index (χ0) is 28.3. The molecule has 3 amide bonds. The van der Waals surface area contributed by atoms with Crippen LogP contribution in [0.25, 0.3) is 0 Å². The second-order valence-electron chi connectivity index (χ2n) is 11.2. The molecule has 3 N–H and O–H groups in total. The van der Waals surface area contributed by atoms with Gasteiger partial charge in [0, 0.05) is 12.5 Å². The molecule has 0 aliphatic rings. The van der Waals surface area contributed by atoms with Crippen LogP contribution >= 0.6 is 0 Å². The molecular weight excluding hydrogens is 482 g/mol. The number of urea groups is 1. The second-order valence-corrected chi connectivity index (χ2v) is 11.2. The highest BCUT2D eigenvalue weighted by atomic mass is 16.6. The van der Waals surface area contributed by atoms with Gasteiger partial charge < -0.3 is 25.4 Å². The van der Waals surface area contributed by atoms with Crippen molar-refractivity contribution in [2.24, 2.45) is 5.92 Å². The van der Waals surface area contributed by atoms with Crippen molar-refractivity contribution in [2.75, 3.05) is 0 Å². The molecule has 0 saturated heterocycles. The number of ether oxygens (including phenoxy) is 2. The lowest BCUT2D eigenvalue weighted by molar-refractivity contribution is -0.158. The summed E-state index contributed by atoms with van der Waals surface area (Å²) in [7, 11) is 0. The number of hydrogen-bond acceptors (Lipinski definition) is 5. The van der Waals surface area contributed by atoms with Crippen LogP contribution in [-0.4, -0.2) is 41.6 Å². The van der Waals surface area contributed by atoms with Gasteiger partial charge in [-0.15, -0.1) is 0 Å². The number of hydrogen-bond donors (Lipinski definition) is 3. The number of nitrogens with one attached hydrogen (secondary N) is 3. The average Bonchev–Trinajstić information content (AvgIpc) is 2.81. The van der Waals surface area contributed by atoms with Crippen LogP contribution in [0.4, 0.5) is 4.79 Å². The van der Waals surface area contributed by atoms with Crippen molar-refractivity contribution in [3.8, 4) is 5.75 Å². The zero-order valence-electron chi connectivity index (χ0n) is 23.7. The first-order chi connectivity index (χ1) is 17.8. The topological polar surface area (TPSA) is 106 Å². The molecule has 0 aromatic heterocycles. The van der Waals surface area contributed by atoms with E-state index in [-0.39, 0.29) is 18.4 Å².